The minimum atomic E-state index is -0.355. The van der Waals surface area contributed by atoms with Crippen LogP contribution in [-0.2, 0) is 4.79 Å². The predicted molar refractivity (Wildman–Crippen MR) is 131 cm³/mol. The lowest BCUT2D eigenvalue weighted by molar-refractivity contribution is -0.125. The number of aromatic nitrogens is 2. The second-order valence-corrected chi connectivity index (χ2v) is 9.25. The standard InChI is InChI=1S/C28H31N3O/c1-5-23(27(32)30-28(2,3)4)31-24-19-13-12-18-22(24)29-26(31)25(20-14-8-6-9-15-20)21-16-10-7-11-17-21/h6-19,23,25H,5H2,1-4H3,(H,30,32). The molecule has 0 aliphatic heterocycles. The van der Waals surface area contributed by atoms with E-state index in [1.807, 2.05) is 51.1 Å². The van der Waals surface area contributed by atoms with E-state index in [0.717, 1.165) is 28.0 Å². The SMILES string of the molecule is CCC(C(=O)NC(C)(C)C)n1c(C(c2ccccc2)c2ccccc2)nc2ccccc21. The molecule has 164 valence electrons. The van der Waals surface area contributed by atoms with Crippen LogP contribution in [0.4, 0.5) is 0 Å². The summed E-state index contributed by atoms with van der Waals surface area (Å²) < 4.78 is 2.15. The number of fused-ring (bicyclic) bond motifs is 1. The van der Waals surface area contributed by atoms with Crippen molar-refractivity contribution in [3.05, 3.63) is 102 Å². The van der Waals surface area contributed by atoms with Crippen LogP contribution >= 0.6 is 0 Å². The van der Waals surface area contributed by atoms with Crippen LogP contribution in [0.5, 0.6) is 0 Å². The molecule has 1 aromatic heterocycles. The summed E-state index contributed by atoms with van der Waals surface area (Å²) in [5.74, 6) is 0.824. The van der Waals surface area contributed by atoms with E-state index >= 15 is 0 Å². The van der Waals surface area contributed by atoms with Gasteiger partial charge in [-0.15, -0.1) is 0 Å². The normalized spacial score (nSPS) is 12.8. The van der Waals surface area contributed by atoms with Crippen LogP contribution in [0.15, 0.2) is 84.9 Å². The van der Waals surface area contributed by atoms with Crippen molar-refractivity contribution in [3.8, 4) is 0 Å². The van der Waals surface area contributed by atoms with E-state index in [2.05, 4.69) is 71.4 Å². The summed E-state index contributed by atoms with van der Waals surface area (Å²) in [5, 5.41) is 3.18. The number of hydrogen-bond acceptors (Lipinski definition) is 2. The van der Waals surface area contributed by atoms with Gasteiger partial charge in [-0.2, -0.15) is 0 Å². The van der Waals surface area contributed by atoms with Crippen LogP contribution in [-0.4, -0.2) is 21.0 Å². The second kappa shape index (κ2) is 8.99. The fourth-order valence-electron chi connectivity index (χ4n) is 4.31. The van der Waals surface area contributed by atoms with Gasteiger partial charge >= 0.3 is 0 Å². The summed E-state index contributed by atoms with van der Waals surface area (Å²) in [6, 6.07) is 28.6. The Hall–Kier alpha value is -3.40. The van der Waals surface area contributed by atoms with Gasteiger partial charge in [0.1, 0.15) is 11.9 Å². The molecule has 4 rings (SSSR count). The molecule has 0 fully saturated rings. The summed E-state index contributed by atoms with van der Waals surface area (Å²) >= 11 is 0. The van der Waals surface area contributed by atoms with Crippen molar-refractivity contribution >= 4 is 16.9 Å². The molecule has 1 unspecified atom stereocenters. The van der Waals surface area contributed by atoms with Gasteiger partial charge in [0.15, 0.2) is 0 Å². The Morgan fingerprint density at radius 1 is 0.875 bits per heavy atom. The molecule has 0 bridgehead atoms. The molecule has 4 aromatic rings. The van der Waals surface area contributed by atoms with Gasteiger partial charge in [-0.25, -0.2) is 4.98 Å². The monoisotopic (exact) mass is 425 g/mol. The molecule has 1 atom stereocenters. The van der Waals surface area contributed by atoms with E-state index in [0.29, 0.717) is 6.42 Å². The topological polar surface area (TPSA) is 46.9 Å². The zero-order valence-corrected chi connectivity index (χ0v) is 19.2. The Balaban J connectivity index is 1.96. The Morgan fingerprint density at radius 2 is 1.41 bits per heavy atom. The Bertz CT molecular complexity index is 1150. The fourth-order valence-corrected chi connectivity index (χ4v) is 4.31. The first kappa shape index (κ1) is 21.8. The number of rotatable bonds is 6. The van der Waals surface area contributed by atoms with Gasteiger partial charge in [0.25, 0.3) is 0 Å². The summed E-state index contributed by atoms with van der Waals surface area (Å²) in [7, 11) is 0. The third-order valence-electron chi connectivity index (χ3n) is 5.65. The number of amides is 1. The fraction of sp³-hybridized carbons (Fsp3) is 0.286. The van der Waals surface area contributed by atoms with E-state index in [9.17, 15) is 4.79 Å². The molecular weight excluding hydrogens is 394 g/mol. The highest BCUT2D eigenvalue weighted by atomic mass is 16.2. The van der Waals surface area contributed by atoms with Crippen molar-refractivity contribution in [3.63, 3.8) is 0 Å². The maximum absolute atomic E-state index is 13.4. The molecule has 0 saturated carbocycles. The zero-order chi connectivity index (χ0) is 22.7. The summed E-state index contributed by atoms with van der Waals surface area (Å²) in [5.41, 5.74) is 3.89. The van der Waals surface area contributed by atoms with Crippen molar-refractivity contribution in [2.75, 3.05) is 0 Å². The quantitative estimate of drug-likeness (QED) is 0.407. The molecule has 0 spiro atoms. The maximum Gasteiger partial charge on any atom is 0.243 e. The predicted octanol–water partition coefficient (Wildman–Crippen LogP) is 6.08. The van der Waals surface area contributed by atoms with E-state index < -0.39 is 0 Å². The van der Waals surface area contributed by atoms with Crippen molar-refractivity contribution in [2.45, 2.75) is 51.6 Å². The maximum atomic E-state index is 13.4. The first-order chi connectivity index (χ1) is 15.4. The summed E-state index contributed by atoms with van der Waals surface area (Å²) in [6.45, 7) is 8.11. The van der Waals surface area contributed by atoms with Gasteiger partial charge in [0, 0.05) is 5.54 Å². The number of para-hydroxylation sites is 2. The molecular formula is C28H31N3O. The molecule has 3 aromatic carbocycles. The first-order valence-electron chi connectivity index (χ1n) is 11.3. The van der Waals surface area contributed by atoms with E-state index in [-0.39, 0.29) is 23.4 Å². The van der Waals surface area contributed by atoms with Crippen molar-refractivity contribution < 1.29 is 4.79 Å². The largest absolute Gasteiger partial charge is 0.350 e. The van der Waals surface area contributed by atoms with Crippen LogP contribution in [0.25, 0.3) is 11.0 Å². The molecule has 1 heterocycles. The van der Waals surface area contributed by atoms with Crippen LogP contribution in [0.2, 0.25) is 0 Å². The number of nitrogens with zero attached hydrogens (tertiary/aromatic N) is 2. The second-order valence-electron chi connectivity index (χ2n) is 9.25. The lowest BCUT2D eigenvalue weighted by Crippen LogP contribution is -2.44. The number of benzene rings is 3. The molecule has 32 heavy (non-hydrogen) atoms. The minimum absolute atomic E-state index is 0.0178. The van der Waals surface area contributed by atoms with Gasteiger partial charge in [-0.1, -0.05) is 79.7 Å². The Kier molecular flexibility index (Phi) is 6.13. The molecule has 4 nitrogen and oxygen atoms in total. The van der Waals surface area contributed by atoms with Crippen molar-refractivity contribution in [1.82, 2.24) is 14.9 Å². The molecule has 1 amide bonds. The van der Waals surface area contributed by atoms with Crippen LogP contribution in [0.3, 0.4) is 0 Å². The van der Waals surface area contributed by atoms with Crippen molar-refractivity contribution in [1.29, 1.82) is 0 Å². The number of hydrogen-bond donors (Lipinski definition) is 1. The lowest BCUT2D eigenvalue weighted by atomic mass is 9.90. The number of nitrogens with one attached hydrogen (secondary N) is 1. The van der Waals surface area contributed by atoms with Gasteiger partial charge in [-0.3, -0.25) is 4.79 Å². The van der Waals surface area contributed by atoms with Gasteiger partial charge in [-0.05, 0) is 50.5 Å². The number of carbonyl (C=O) groups excluding carboxylic acids is 1. The first-order valence-corrected chi connectivity index (χ1v) is 11.3. The summed E-state index contributed by atoms with van der Waals surface area (Å²) in [6.07, 6.45) is 0.672. The molecule has 0 saturated heterocycles. The van der Waals surface area contributed by atoms with E-state index in [4.69, 9.17) is 4.98 Å². The third kappa shape index (κ3) is 4.45. The van der Waals surface area contributed by atoms with Crippen molar-refractivity contribution in [2.24, 2.45) is 0 Å². The molecule has 0 aliphatic rings. The molecule has 0 radical (unpaired) electrons. The zero-order valence-electron chi connectivity index (χ0n) is 19.2. The smallest absolute Gasteiger partial charge is 0.243 e. The van der Waals surface area contributed by atoms with Gasteiger partial charge in [0.05, 0.1) is 17.0 Å². The highest BCUT2D eigenvalue weighted by Gasteiger charge is 2.31. The highest BCUT2D eigenvalue weighted by Crippen LogP contribution is 2.36. The third-order valence-corrected chi connectivity index (χ3v) is 5.65. The molecule has 0 aliphatic carbocycles. The van der Waals surface area contributed by atoms with E-state index in [1.54, 1.807) is 0 Å². The molecule has 4 heteroatoms. The Labute approximate surface area is 190 Å². The van der Waals surface area contributed by atoms with Crippen LogP contribution in [0, 0.1) is 0 Å². The Morgan fingerprint density at radius 3 is 1.94 bits per heavy atom. The highest BCUT2D eigenvalue weighted by molar-refractivity contribution is 5.85. The number of imidazole rings is 1. The molecule has 1 N–H and O–H groups in total. The summed E-state index contributed by atoms with van der Waals surface area (Å²) in [4.78, 5) is 18.5. The minimum Gasteiger partial charge on any atom is -0.350 e. The lowest BCUT2D eigenvalue weighted by Gasteiger charge is -2.28. The van der Waals surface area contributed by atoms with Gasteiger partial charge < -0.3 is 9.88 Å². The average molecular weight is 426 g/mol. The van der Waals surface area contributed by atoms with Gasteiger partial charge in [0.2, 0.25) is 5.91 Å². The van der Waals surface area contributed by atoms with E-state index in [1.165, 1.54) is 0 Å². The number of carbonyl (C=O) groups is 1. The van der Waals surface area contributed by atoms with Crippen LogP contribution < -0.4 is 5.32 Å². The van der Waals surface area contributed by atoms with Crippen LogP contribution in [0.1, 0.15) is 63.0 Å². The average Bonchev–Trinajstić information content (AvgIpc) is 3.14.